The van der Waals surface area contributed by atoms with E-state index in [0.29, 0.717) is 11.3 Å². The van der Waals surface area contributed by atoms with Crippen LogP contribution < -0.4 is 4.74 Å². The van der Waals surface area contributed by atoms with E-state index < -0.39 is 5.97 Å². The lowest BCUT2D eigenvalue weighted by Crippen LogP contribution is -2.00. The highest BCUT2D eigenvalue weighted by Gasteiger charge is 2.12. The Morgan fingerprint density at radius 3 is 2.43 bits per heavy atom. The predicted octanol–water partition coefficient (Wildman–Crippen LogP) is 3.71. The second-order valence-corrected chi connectivity index (χ2v) is 4.86. The minimum absolute atomic E-state index is 0.00560. The number of benzene rings is 1. The highest BCUT2D eigenvalue weighted by atomic mass is 35.5. The van der Waals surface area contributed by atoms with Crippen molar-refractivity contribution < 1.29 is 14.6 Å². The molecule has 0 saturated heterocycles. The number of hydrogen-bond acceptors (Lipinski definition) is 4. The van der Waals surface area contributed by atoms with Crippen molar-refractivity contribution in [2.24, 2.45) is 0 Å². The summed E-state index contributed by atoms with van der Waals surface area (Å²) in [5.74, 6) is -0.492. The van der Waals surface area contributed by atoms with Crippen molar-refractivity contribution in [1.29, 1.82) is 5.26 Å². The van der Waals surface area contributed by atoms with Gasteiger partial charge in [0.2, 0.25) is 5.88 Å². The van der Waals surface area contributed by atoms with E-state index in [2.05, 4.69) is 11.1 Å². The van der Waals surface area contributed by atoms with E-state index in [1.54, 1.807) is 26.0 Å². The Morgan fingerprint density at radius 2 is 1.90 bits per heavy atom. The van der Waals surface area contributed by atoms with Crippen molar-refractivity contribution in [3.63, 3.8) is 0 Å². The van der Waals surface area contributed by atoms with E-state index in [9.17, 15) is 4.79 Å². The molecular weight excluding hydrogens is 292 g/mol. The van der Waals surface area contributed by atoms with Gasteiger partial charge in [-0.05, 0) is 43.2 Å². The molecule has 1 aromatic heterocycles. The van der Waals surface area contributed by atoms with Crippen LogP contribution in [0.4, 0.5) is 0 Å². The normalized spacial score (nSPS) is 10.0. The highest BCUT2D eigenvalue weighted by Crippen LogP contribution is 2.30. The Kier molecular flexibility index (Phi) is 4.10. The van der Waals surface area contributed by atoms with Crippen molar-refractivity contribution >= 4 is 17.6 Å². The topological polar surface area (TPSA) is 83.2 Å². The molecule has 106 valence electrons. The smallest absolute Gasteiger partial charge is 0.335 e. The van der Waals surface area contributed by atoms with E-state index in [1.165, 1.54) is 12.1 Å². The van der Waals surface area contributed by atoms with Crippen LogP contribution in [0.2, 0.25) is 5.15 Å². The number of ether oxygens (including phenoxy) is 1. The molecule has 5 nitrogen and oxygen atoms in total. The Morgan fingerprint density at radius 1 is 1.29 bits per heavy atom. The number of nitrogens with zero attached hydrogens (tertiary/aromatic N) is 2. The van der Waals surface area contributed by atoms with Gasteiger partial charge in [0, 0.05) is 6.07 Å². The molecule has 0 unspecified atom stereocenters. The maximum atomic E-state index is 11.0. The largest absolute Gasteiger partial charge is 0.478 e. The summed E-state index contributed by atoms with van der Waals surface area (Å²) in [7, 11) is 0. The zero-order valence-corrected chi connectivity index (χ0v) is 12.1. The van der Waals surface area contributed by atoms with Gasteiger partial charge in [0.05, 0.1) is 17.2 Å². The molecule has 0 atom stereocenters. The minimum atomic E-state index is -1.11. The van der Waals surface area contributed by atoms with E-state index in [4.69, 9.17) is 26.7 Å². The Balaban J connectivity index is 2.44. The fraction of sp³-hybridized carbons (Fsp3) is 0.133. The van der Waals surface area contributed by atoms with Gasteiger partial charge >= 0.3 is 5.97 Å². The number of rotatable bonds is 3. The summed E-state index contributed by atoms with van der Waals surface area (Å²) in [4.78, 5) is 14.9. The molecule has 1 heterocycles. The first kappa shape index (κ1) is 14.8. The maximum absolute atomic E-state index is 11.0. The summed E-state index contributed by atoms with van der Waals surface area (Å²) in [6.45, 7) is 3.59. The first-order chi connectivity index (χ1) is 9.90. The second-order valence-electron chi connectivity index (χ2n) is 4.47. The Hall–Kier alpha value is -2.58. The van der Waals surface area contributed by atoms with E-state index in [1.807, 2.05) is 0 Å². The van der Waals surface area contributed by atoms with Crippen molar-refractivity contribution in [2.45, 2.75) is 13.8 Å². The van der Waals surface area contributed by atoms with Gasteiger partial charge in [0.15, 0.2) is 0 Å². The highest BCUT2D eigenvalue weighted by molar-refractivity contribution is 6.29. The van der Waals surface area contributed by atoms with Crippen LogP contribution in [0.5, 0.6) is 11.6 Å². The summed E-state index contributed by atoms with van der Waals surface area (Å²) in [6.07, 6.45) is 0. The third kappa shape index (κ3) is 3.30. The monoisotopic (exact) mass is 302 g/mol. The number of aryl methyl sites for hydroxylation is 2. The molecular formula is C15H11ClN2O3. The molecule has 6 heteroatoms. The van der Waals surface area contributed by atoms with Crippen LogP contribution in [0.15, 0.2) is 24.3 Å². The molecule has 0 radical (unpaired) electrons. The number of nitriles is 1. The number of pyridine rings is 1. The fourth-order valence-corrected chi connectivity index (χ4v) is 2.13. The van der Waals surface area contributed by atoms with Crippen LogP contribution >= 0.6 is 11.6 Å². The number of carbonyl (C=O) groups is 1. The fourth-order valence-electron chi connectivity index (χ4n) is 1.93. The van der Waals surface area contributed by atoms with Crippen LogP contribution in [0, 0.1) is 25.2 Å². The van der Waals surface area contributed by atoms with Gasteiger partial charge in [-0.1, -0.05) is 11.6 Å². The molecule has 0 aliphatic heterocycles. The zero-order valence-electron chi connectivity index (χ0n) is 11.3. The summed E-state index contributed by atoms with van der Waals surface area (Å²) >= 11 is 5.79. The number of hydrogen-bond donors (Lipinski definition) is 1. The van der Waals surface area contributed by atoms with Crippen molar-refractivity contribution in [1.82, 2.24) is 4.98 Å². The predicted molar refractivity (Wildman–Crippen MR) is 76.9 cm³/mol. The summed E-state index contributed by atoms with van der Waals surface area (Å²) in [5.41, 5.74) is 2.03. The summed E-state index contributed by atoms with van der Waals surface area (Å²) < 4.78 is 5.64. The first-order valence-corrected chi connectivity index (χ1v) is 6.38. The van der Waals surface area contributed by atoms with Gasteiger partial charge in [-0.2, -0.15) is 5.26 Å². The van der Waals surface area contributed by atoms with Gasteiger partial charge in [-0.25, -0.2) is 9.78 Å². The summed E-state index contributed by atoms with van der Waals surface area (Å²) in [6, 6.07) is 7.98. The van der Waals surface area contributed by atoms with Crippen molar-refractivity contribution in [3.8, 4) is 17.7 Å². The molecule has 0 aliphatic carbocycles. The van der Waals surface area contributed by atoms with Crippen molar-refractivity contribution in [3.05, 3.63) is 51.7 Å². The van der Waals surface area contributed by atoms with Crippen LogP contribution in [0.25, 0.3) is 0 Å². The van der Waals surface area contributed by atoms with Crippen molar-refractivity contribution in [2.75, 3.05) is 0 Å². The molecule has 2 rings (SSSR count). The molecule has 1 N–H and O–H groups in total. The maximum Gasteiger partial charge on any atom is 0.335 e. The molecule has 1 aromatic carbocycles. The average Bonchev–Trinajstić information content (AvgIpc) is 2.42. The molecule has 0 spiro atoms. The van der Waals surface area contributed by atoms with Crippen LogP contribution in [0.1, 0.15) is 27.0 Å². The Bertz CT molecular complexity index is 743. The molecule has 0 amide bonds. The third-order valence-electron chi connectivity index (χ3n) is 2.81. The number of aromatic carboxylic acids is 1. The van der Waals surface area contributed by atoms with Gasteiger partial charge in [0.25, 0.3) is 0 Å². The number of halogens is 1. The lowest BCUT2D eigenvalue weighted by atomic mass is 10.1. The molecule has 0 bridgehead atoms. The van der Waals surface area contributed by atoms with E-state index in [0.717, 1.165) is 11.1 Å². The number of carboxylic acids is 1. The third-order valence-corrected chi connectivity index (χ3v) is 3.01. The molecule has 21 heavy (non-hydrogen) atoms. The van der Waals surface area contributed by atoms with Crippen LogP contribution in [0.3, 0.4) is 0 Å². The second kappa shape index (κ2) is 5.81. The Labute approximate surface area is 126 Å². The van der Waals surface area contributed by atoms with Crippen LogP contribution in [-0.4, -0.2) is 16.1 Å². The lowest BCUT2D eigenvalue weighted by molar-refractivity contribution is 0.0696. The molecule has 2 aromatic rings. The number of aromatic nitrogens is 1. The SMILES string of the molecule is Cc1cc(C#N)cc(C)c1Oc1cc(C(=O)O)cc(Cl)n1. The number of carboxylic acid groups (broad SMARTS) is 1. The first-order valence-electron chi connectivity index (χ1n) is 6.01. The molecule has 0 aliphatic rings. The average molecular weight is 303 g/mol. The standard InChI is InChI=1S/C15H11ClN2O3/c1-8-3-10(7-17)4-9(2)14(8)21-13-6-11(15(19)20)5-12(16)18-13/h3-6H,1-2H3,(H,19,20). The lowest BCUT2D eigenvalue weighted by Gasteiger charge is -2.12. The molecule has 0 fully saturated rings. The molecule has 0 saturated carbocycles. The van der Waals surface area contributed by atoms with Gasteiger partial charge < -0.3 is 9.84 Å². The van der Waals surface area contributed by atoms with E-state index in [-0.39, 0.29) is 16.6 Å². The van der Waals surface area contributed by atoms with Gasteiger partial charge in [0.1, 0.15) is 10.9 Å². The van der Waals surface area contributed by atoms with E-state index >= 15 is 0 Å². The minimum Gasteiger partial charge on any atom is -0.478 e. The van der Waals surface area contributed by atoms with Crippen LogP contribution in [-0.2, 0) is 0 Å². The zero-order chi connectivity index (χ0) is 15.6. The quantitative estimate of drug-likeness (QED) is 0.874. The summed E-state index contributed by atoms with van der Waals surface area (Å²) in [5, 5.41) is 18.0. The van der Waals surface area contributed by atoms with Gasteiger partial charge in [-0.3, -0.25) is 0 Å². The van der Waals surface area contributed by atoms with Gasteiger partial charge in [-0.15, -0.1) is 0 Å².